The number of aliphatic hydroxyl groups is 1. The van der Waals surface area contributed by atoms with Crippen molar-refractivity contribution in [2.75, 3.05) is 6.61 Å². The summed E-state index contributed by atoms with van der Waals surface area (Å²) in [7, 11) is 1.60. The summed E-state index contributed by atoms with van der Waals surface area (Å²) in [6.07, 6.45) is 0. The van der Waals surface area contributed by atoms with Crippen molar-refractivity contribution in [2.24, 2.45) is 7.05 Å². The van der Waals surface area contributed by atoms with Gasteiger partial charge in [-0.25, -0.2) is 4.39 Å². The number of aliphatic hydroxyl groups excluding tert-OH is 1. The maximum atomic E-state index is 13.0. The third-order valence-corrected chi connectivity index (χ3v) is 4.14. The van der Waals surface area contributed by atoms with E-state index in [0.717, 1.165) is 10.9 Å². The number of para-hydroxylation sites is 1. The third-order valence-electron chi connectivity index (χ3n) is 4.14. The number of halogens is 1. The second kappa shape index (κ2) is 6.86. The van der Waals surface area contributed by atoms with Crippen LogP contribution in [0.25, 0.3) is 10.9 Å². The number of nitrogens with one attached hydrogen (secondary N) is 1. The first-order valence-electron chi connectivity index (χ1n) is 7.77. The molecule has 0 bridgehead atoms. The summed E-state index contributed by atoms with van der Waals surface area (Å²) in [5, 5.41) is 12.9. The van der Waals surface area contributed by atoms with E-state index < -0.39 is 23.3 Å². The number of carbonyl (C=O) groups is 1. The van der Waals surface area contributed by atoms with Crippen LogP contribution in [0.5, 0.6) is 0 Å². The molecule has 0 saturated heterocycles. The van der Waals surface area contributed by atoms with Gasteiger partial charge in [-0.05, 0) is 35.2 Å². The largest absolute Gasteiger partial charge is 0.394 e. The zero-order valence-electron chi connectivity index (χ0n) is 13.6. The molecule has 0 aliphatic heterocycles. The number of benzene rings is 2. The molecule has 0 aliphatic carbocycles. The average molecular weight is 340 g/mol. The van der Waals surface area contributed by atoms with E-state index in [-0.39, 0.29) is 12.2 Å². The quantitative estimate of drug-likeness (QED) is 0.764. The van der Waals surface area contributed by atoms with Gasteiger partial charge in [-0.15, -0.1) is 0 Å². The molecule has 3 aromatic rings. The maximum Gasteiger partial charge on any atom is 0.263 e. The first-order chi connectivity index (χ1) is 12.0. The van der Waals surface area contributed by atoms with E-state index in [2.05, 4.69) is 5.32 Å². The smallest absolute Gasteiger partial charge is 0.263 e. The lowest BCUT2D eigenvalue weighted by molar-refractivity contribution is 0.0914. The zero-order valence-corrected chi connectivity index (χ0v) is 13.6. The number of aryl methyl sites for hydroxylation is 1. The summed E-state index contributed by atoms with van der Waals surface area (Å²) in [6.45, 7) is -0.370. The van der Waals surface area contributed by atoms with Crippen LogP contribution in [-0.2, 0) is 7.05 Å². The summed E-state index contributed by atoms with van der Waals surface area (Å²) in [5.41, 5.74) is 0.838. The molecule has 1 heterocycles. The van der Waals surface area contributed by atoms with Crippen molar-refractivity contribution in [3.8, 4) is 0 Å². The van der Waals surface area contributed by atoms with Gasteiger partial charge in [0.25, 0.3) is 11.5 Å². The SMILES string of the molecule is Cn1c(=O)c(C(=O)NC(CO)c2ccc(F)cc2)cc2ccccc21. The van der Waals surface area contributed by atoms with Gasteiger partial charge in [0.05, 0.1) is 18.2 Å². The number of pyridine rings is 1. The Labute approximate surface area is 143 Å². The van der Waals surface area contributed by atoms with E-state index >= 15 is 0 Å². The van der Waals surface area contributed by atoms with Gasteiger partial charge in [-0.2, -0.15) is 0 Å². The van der Waals surface area contributed by atoms with Crippen LogP contribution in [0.4, 0.5) is 4.39 Å². The van der Waals surface area contributed by atoms with Crippen LogP contribution in [0.3, 0.4) is 0 Å². The molecule has 3 rings (SSSR count). The van der Waals surface area contributed by atoms with E-state index in [1.54, 1.807) is 13.1 Å². The molecule has 0 aliphatic rings. The van der Waals surface area contributed by atoms with Gasteiger partial charge in [0.1, 0.15) is 11.4 Å². The molecule has 6 heteroatoms. The number of hydrogen-bond acceptors (Lipinski definition) is 3. The Balaban J connectivity index is 1.95. The van der Waals surface area contributed by atoms with Gasteiger partial charge in [-0.1, -0.05) is 30.3 Å². The van der Waals surface area contributed by atoms with E-state index in [0.29, 0.717) is 5.56 Å². The topological polar surface area (TPSA) is 71.3 Å². The minimum Gasteiger partial charge on any atom is -0.394 e. The summed E-state index contributed by atoms with van der Waals surface area (Å²) in [6, 6.07) is 13.5. The van der Waals surface area contributed by atoms with E-state index in [1.165, 1.54) is 34.9 Å². The first kappa shape index (κ1) is 16.9. The lowest BCUT2D eigenvalue weighted by Gasteiger charge is -2.17. The molecule has 25 heavy (non-hydrogen) atoms. The van der Waals surface area contributed by atoms with Crippen molar-refractivity contribution in [1.29, 1.82) is 0 Å². The lowest BCUT2D eigenvalue weighted by Crippen LogP contribution is -2.36. The van der Waals surface area contributed by atoms with E-state index in [9.17, 15) is 19.1 Å². The predicted molar refractivity (Wildman–Crippen MR) is 92.9 cm³/mol. The molecular weight excluding hydrogens is 323 g/mol. The Kier molecular flexibility index (Phi) is 4.63. The minimum absolute atomic E-state index is 0.0123. The fraction of sp³-hybridized carbons (Fsp3) is 0.158. The second-order valence-corrected chi connectivity index (χ2v) is 5.74. The van der Waals surface area contributed by atoms with E-state index in [1.807, 2.05) is 18.2 Å². The van der Waals surface area contributed by atoms with Crippen molar-refractivity contribution in [3.63, 3.8) is 0 Å². The molecule has 128 valence electrons. The first-order valence-corrected chi connectivity index (χ1v) is 7.77. The van der Waals surface area contributed by atoms with E-state index in [4.69, 9.17) is 0 Å². The number of amides is 1. The fourth-order valence-corrected chi connectivity index (χ4v) is 2.75. The monoisotopic (exact) mass is 340 g/mol. The molecule has 2 aromatic carbocycles. The highest BCUT2D eigenvalue weighted by Crippen LogP contribution is 2.16. The highest BCUT2D eigenvalue weighted by Gasteiger charge is 2.19. The average Bonchev–Trinajstić information content (AvgIpc) is 2.63. The normalized spacial score (nSPS) is 12.1. The van der Waals surface area contributed by atoms with Crippen molar-refractivity contribution in [2.45, 2.75) is 6.04 Å². The Morgan fingerprint density at radius 1 is 1.20 bits per heavy atom. The highest BCUT2D eigenvalue weighted by molar-refractivity contribution is 5.97. The molecule has 2 N–H and O–H groups in total. The standard InChI is InChI=1S/C19H17FN2O3/c1-22-17-5-3-2-4-13(17)10-15(19(22)25)18(24)21-16(11-23)12-6-8-14(20)9-7-12/h2-10,16,23H,11H2,1H3,(H,21,24). The van der Waals surface area contributed by atoms with Crippen LogP contribution in [0, 0.1) is 5.82 Å². The highest BCUT2D eigenvalue weighted by atomic mass is 19.1. The molecule has 5 nitrogen and oxygen atoms in total. The van der Waals surface area contributed by atoms with Gasteiger partial charge in [0, 0.05) is 7.05 Å². The Morgan fingerprint density at radius 3 is 2.56 bits per heavy atom. The van der Waals surface area contributed by atoms with Crippen LogP contribution in [0.15, 0.2) is 59.4 Å². The third kappa shape index (κ3) is 3.29. The lowest BCUT2D eigenvalue weighted by atomic mass is 10.1. The van der Waals surface area contributed by atoms with Crippen molar-refractivity contribution in [1.82, 2.24) is 9.88 Å². The van der Waals surface area contributed by atoms with Crippen LogP contribution < -0.4 is 10.9 Å². The van der Waals surface area contributed by atoms with Crippen LogP contribution in [0.2, 0.25) is 0 Å². The number of nitrogens with zero attached hydrogens (tertiary/aromatic N) is 1. The van der Waals surface area contributed by atoms with Gasteiger partial charge >= 0.3 is 0 Å². The minimum atomic E-state index is -0.732. The van der Waals surface area contributed by atoms with Crippen LogP contribution >= 0.6 is 0 Å². The Hall–Kier alpha value is -2.99. The molecule has 0 spiro atoms. The molecule has 0 fully saturated rings. The maximum absolute atomic E-state index is 13.0. The van der Waals surface area contributed by atoms with Gasteiger partial charge in [0.15, 0.2) is 0 Å². The number of carbonyl (C=O) groups excluding carboxylic acids is 1. The molecular formula is C19H17FN2O3. The van der Waals surface area contributed by atoms with Crippen molar-refractivity contribution >= 4 is 16.8 Å². The Morgan fingerprint density at radius 2 is 1.88 bits per heavy atom. The summed E-state index contributed by atoms with van der Waals surface area (Å²) < 4.78 is 14.4. The fourth-order valence-electron chi connectivity index (χ4n) is 2.75. The second-order valence-electron chi connectivity index (χ2n) is 5.74. The Bertz CT molecular complexity index is 980. The van der Waals surface area contributed by atoms with Crippen LogP contribution in [-0.4, -0.2) is 22.2 Å². The summed E-state index contributed by atoms with van der Waals surface area (Å²) >= 11 is 0. The van der Waals surface area contributed by atoms with Gasteiger partial charge in [-0.3, -0.25) is 9.59 Å². The predicted octanol–water partition coefficient (Wildman–Crippen LogP) is 2.14. The molecule has 1 atom stereocenters. The van der Waals surface area contributed by atoms with Gasteiger partial charge in [0.2, 0.25) is 0 Å². The van der Waals surface area contributed by atoms with Gasteiger partial charge < -0.3 is 15.0 Å². The number of hydrogen-bond donors (Lipinski definition) is 2. The molecule has 1 aromatic heterocycles. The van der Waals surface area contributed by atoms with Crippen molar-refractivity contribution in [3.05, 3.63) is 81.9 Å². The molecule has 0 saturated carbocycles. The number of aromatic nitrogens is 1. The summed E-state index contributed by atoms with van der Waals surface area (Å²) in [4.78, 5) is 25.0. The molecule has 1 amide bonds. The zero-order chi connectivity index (χ0) is 18.0. The van der Waals surface area contributed by atoms with Crippen LogP contribution in [0.1, 0.15) is 22.0 Å². The molecule has 1 unspecified atom stereocenters. The number of rotatable bonds is 4. The molecule has 0 radical (unpaired) electrons. The van der Waals surface area contributed by atoms with Crippen molar-refractivity contribution < 1.29 is 14.3 Å². The number of fused-ring (bicyclic) bond motifs is 1. The summed E-state index contributed by atoms with van der Waals surface area (Å²) in [5.74, 6) is -0.995.